The van der Waals surface area contributed by atoms with Crippen LogP contribution >= 0.6 is 0 Å². The SMILES string of the molecule is Cc1nc(NCC2CCCO2)cc(Nc2ccc(N3CCN(C)CC3)cc2)n1. The minimum absolute atomic E-state index is 0.286. The molecule has 1 aromatic heterocycles. The third-order valence-electron chi connectivity index (χ3n) is 5.38. The summed E-state index contributed by atoms with van der Waals surface area (Å²) in [5.41, 5.74) is 2.30. The molecule has 1 aromatic carbocycles. The number of piperazine rings is 1. The van der Waals surface area contributed by atoms with E-state index in [1.165, 1.54) is 5.69 Å². The van der Waals surface area contributed by atoms with Crippen LogP contribution in [-0.4, -0.2) is 67.4 Å². The van der Waals surface area contributed by atoms with E-state index >= 15 is 0 Å². The molecule has 0 spiro atoms. The molecule has 4 rings (SSSR count). The van der Waals surface area contributed by atoms with Gasteiger partial charge in [-0.25, -0.2) is 9.97 Å². The first kappa shape index (κ1) is 19.0. The monoisotopic (exact) mass is 382 g/mol. The molecule has 0 bridgehead atoms. The highest BCUT2D eigenvalue weighted by Gasteiger charge is 2.16. The molecule has 7 nitrogen and oxygen atoms in total. The van der Waals surface area contributed by atoms with Crippen molar-refractivity contribution in [1.82, 2.24) is 14.9 Å². The van der Waals surface area contributed by atoms with Gasteiger partial charge in [0, 0.05) is 56.8 Å². The van der Waals surface area contributed by atoms with Gasteiger partial charge in [-0.2, -0.15) is 0 Å². The van der Waals surface area contributed by atoms with Crippen molar-refractivity contribution >= 4 is 23.0 Å². The number of hydrogen-bond donors (Lipinski definition) is 2. The summed E-state index contributed by atoms with van der Waals surface area (Å²) in [5.74, 6) is 2.38. The number of hydrogen-bond acceptors (Lipinski definition) is 7. The minimum atomic E-state index is 0.286. The van der Waals surface area contributed by atoms with E-state index in [1.807, 2.05) is 13.0 Å². The van der Waals surface area contributed by atoms with Crippen molar-refractivity contribution in [3.05, 3.63) is 36.2 Å². The summed E-state index contributed by atoms with van der Waals surface area (Å²) in [4.78, 5) is 13.8. The van der Waals surface area contributed by atoms with Crippen LogP contribution < -0.4 is 15.5 Å². The molecule has 2 fully saturated rings. The molecule has 2 aliphatic rings. The van der Waals surface area contributed by atoms with E-state index in [0.29, 0.717) is 0 Å². The van der Waals surface area contributed by atoms with Crippen molar-refractivity contribution in [3.63, 3.8) is 0 Å². The Morgan fingerprint density at radius 3 is 2.54 bits per heavy atom. The molecule has 0 saturated carbocycles. The van der Waals surface area contributed by atoms with Gasteiger partial charge in [-0.1, -0.05) is 0 Å². The van der Waals surface area contributed by atoms with Crippen molar-refractivity contribution in [3.8, 4) is 0 Å². The standard InChI is InChI=1S/C21H30N6O/c1-16-23-20(22-15-19-4-3-13-28-19)14-21(24-16)25-17-5-7-18(8-6-17)27-11-9-26(2)10-12-27/h5-8,14,19H,3-4,9-13,15H2,1-2H3,(H2,22,23,24,25). The normalized spacial score (nSPS) is 20.4. The van der Waals surface area contributed by atoms with E-state index in [9.17, 15) is 0 Å². The van der Waals surface area contributed by atoms with Gasteiger partial charge in [0.1, 0.15) is 17.5 Å². The summed E-state index contributed by atoms with van der Waals surface area (Å²) in [6, 6.07) is 10.5. The molecule has 150 valence electrons. The Bertz CT molecular complexity index is 767. The second-order valence-corrected chi connectivity index (χ2v) is 7.66. The first-order valence-electron chi connectivity index (χ1n) is 10.2. The fourth-order valence-electron chi connectivity index (χ4n) is 3.71. The number of nitrogens with zero attached hydrogens (tertiary/aromatic N) is 4. The average molecular weight is 383 g/mol. The van der Waals surface area contributed by atoms with Crippen molar-refractivity contribution in [2.75, 3.05) is 61.9 Å². The van der Waals surface area contributed by atoms with E-state index in [-0.39, 0.29) is 6.10 Å². The van der Waals surface area contributed by atoms with Crippen LogP contribution in [0, 0.1) is 6.92 Å². The topological polar surface area (TPSA) is 65.6 Å². The van der Waals surface area contributed by atoms with E-state index in [1.54, 1.807) is 0 Å². The lowest BCUT2D eigenvalue weighted by Crippen LogP contribution is -2.44. The van der Waals surface area contributed by atoms with Gasteiger partial charge >= 0.3 is 0 Å². The Morgan fingerprint density at radius 1 is 1.07 bits per heavy atom. The zero-order valence-corrected chi connectivity index (χ0v) is 16.8. The lowest BCUT2D eigenvalue weighted by Gasteiger charge is -2.34. The fourth-order valence-corrected chi connectivity index (χ4v) is 3.71. The summed E-state index contributed by atoms with van der Waals surface area (Å²) in [7, 11) is 2.18. The molecule has 0 aliphatic carbocycles. The number of aryl methyl sites for hydroxylation is 1. The van der Waals surface area contributed by atoms with Gasteiger partial charge in [-0.05, 0) is 51.1 Å². The summed E-state index contributed by atoms with van der Waals surface area (Å²) in [6.07, 6.45) is 2.54. The number of nitrogens with one attached hydrogen (secondary N) is 2. The van der Waals surface area contributed by atoms with Crippen molar-refractivity contribution in [2.45, 2.75) is 25.9 Å². The van der Waals surface area contributed by atoms with E-state index < -0.39 is 0 Å². The lowest BCUT2D eigenvalue weighted by atomic mass is 10.2. The van der Waals surface area contributed by atoms with Crippen LogP contribution in [0.4, 0.5) is 23.0 Å². The molecular weight excluding hydrogens is 352 g/mol. The van der Waals surface area contributed by atoms with Crippen LogP contribution in [0.2, 0.25) is 0 Å². The Labute approximate surface area is 167 Å². The average Bonchev–Trinajstić information content (AvgIpc) is 3.21. The molecule has 0 radical (unpaired) electrons. The highest BCUT2D eigenvalue weighted by atomic mass is 16.5. The number of rotatable bonds is 6. The molecule has 2 saturated heterocycles. The third-order valence-corrected chi connectivity index (χ3v) is 5.38. The number of benzene rings is 1. The zero-order chi connectivity index (χ0) is 19.3. The largest absolute Gasteiger partial charge is 0.376 e. The maximum Gasteiger partial charge on any atom is 0.136 e. The van der Waals surface area contributed by atoms with Gasteiger partial charge in [-0.15, -0.1) is 0 Å². The van der Waals surface area contributed by atoms with Gasteiger partial charge in [0.2, 0.25) is 0 Å². The number of likely N-dealkylation sites (N-methyl/N-ethyl adjacent to an activating group) is 1. The quantitative estimate of drug-likeness (QED) is 0.796. The molecule has 2 aliphatic heterocycles. The van der Waals surface area contributed by atoms with Crippen LogP contribution in [0.5, 0.6) is 0 Å². The van der Waals surface area contributed by atoms with Crippen LogP contribution in [0.15, 0.2) is 30.3 Å². The molecule has 2 aromatic rings. The molecule has 7 heteroatoms. The Balaban J connectivity index is 1.37. The minimum Gasteiger partial charge on any atom is -0.376 e. The van der Waals surface area contributed by atoms with Crippen molar-refractivity contribution < 1.29 is 4.74 Å². The van der Waals surface area contributed by atoms with Crippen LogP contribution in [-0.2, 0) is 4.74 Å². The number of anilines is 4. The first-order valence-corrected chi connectivity index (χ1v) is 10.2. The Kier molecular flexibility index (Phi) is 5.92. The molecular formula is C21H30N6O. The fraction of sp³-hybridized carbons (Fsp3) is 0.524. The second-order valence-electron chi connectivity index (χ2n) is 7.66. The smallest absolute Gasteiger partial charge is 0.136 e. The highest BCUT2D eigenvalue weighted by molar-refractivity contribution is 5.62. The predicted molar refractivity (Wildman–Crippen MR) is 114 cm³/mol. The summed E-state index contributed by atoms with van der Waals surface area (Å²) in [6.45, 7) is 7.95. The van der Waals surface area contributed by atoms with Gasteiger partial charge in [0.15, 0.2) is 0 Å². The van der Waals surface area contributed by atoms with Crippen LogP contribution in [0.3, 0.4) is 0 Å². The molecule has 28 heavy (non-hydrogen) atoms. The maximum absolute atomic E-state index is 5.67. The Hall–Kier alpha value is -2.38. The van der Waals surface area contributed by atoms with E-state index in [0.717, 1.165) is 75.3 Å². The number of aromatic nitrogens is 2. The van der Waals surface area contributed by atoms with Crippen LogP contribution in [0.1, 0.15) is 18.7 Å². The zero-order valence-electron chi connectivity index (χ0n) is 16.8. The second kappa shape index (κ2) is 8.75. The predicted octanol–water partition coefficient (Wildman–Crippen LogP) is 2.87. The van der Waals surface area contributed by atoms with Gasteiger partial charge in [0.25, 0.3) is 0 Å². The van der Waals surface area contributed by atoms with E-state index in [2.05, 4.69) is 61.7 Å². The van der Waals surface area contributed by atoms with Crippen molar-refractivity contribution in [1.29, 1.82) is 0 Å². The Morgan fingerprint density at radius 2 is 1.82 bits per heavy atom. The first-order chi connectivity index (χ1) is 13.7. The van der Waals surface area contributed by atoms with Crippen LogP contribution in [0.25, 0.3) is 0 Å². The molecule has 0 amide bonds. The third kappa shape index (κ3) is 4.91. The molecule has 3 heterocycles. The van der Waals surface area contributed by atoms with E-state index in [4.69, 9.17) is 4.74 Å². The van der Waals surface area contributed by atoms with Crippen molar-refractivity contribution in [2.24, 2.45) is 0 Å². The molecule has 2 N–H and O–H groups in total. The molecule has 1 unspecified atom stereocenters. The summed E-state index contributed by atoms with van der Waals surface area (Å²) < 4.78 is 5.67. The molecule has 1 atom stereocenters. The number of ether oxygens (including phenoxy) is 1. The summed E-state index contributed by atoms with van der Waals surface area (Å²) >= 11 is 0. The highest BCUT2D eigenvalue weighted by Crippen LogP contribution is 2.22. The summed E-state index contributed by atoms with van der Waals surface area (Å²) in [5, 5.41) is 6.78. The lowest BCUT2D eigenvalue weighted by molar-refractivity contribution is 0.120. The van der Waals surface area contributed by atoms with Gasteiger partial charge in [-0.3, -0.25) is 0 Å². The maximum atomic E-state index is 5.67. The van der Waals surface area contributed by atoms with Gasteiger partial charge < -0.3 is 25.2 Å². The van der Waals surface area contributed by atoms with Gasteiger partial charge in [0.05, 0.1) is 6.10 Å².